The van der Waals surface area contributed by atoms with E-state index in [2.05, 4.69) is 36.0 Å². The lowest BCUT2D eigenvalue weighted by molar-refractivity contribution is 0.409. The first kappa shape index (κ1) is 12.1. The second kappa shape index (κ2) is 5.33. The van der Waals surface area contributed by atoms with Gasteiger partial charge in [-0.25, -0.2) is 0 Å². The van der Waals surface area contributed by atoms with Crippen LogP contribution in [0.4, 0.5) is 0 Å². The number of hydrogen-bond acceptors (Lipinski definition) is 2. The van der Waals surface area contributed by atoms with Gasteiger partial charge >= 0.3 is 0 Å². The number of thiophene rings is 1. The van der Waals surface area contributed by atoms with Gasteiger partial charge in [-0.1, -0.05) is 13.8 Å². The second-order valence-corrected chi connectivity index (χ2v) is 6.44. The Balaban J connectivity index is 1.68. The minimum Gasteiger partial charge on any atom is -0.316 e. The molecule has 0 aliphatic heterocycles. The summed E-state index contributed by atoms with van der Waals surface area (Å²) in [6.07, 6.45) is 5.51. The van der Waals surface area contributed by atoms with E-state index in [1.807, 2.05) is 11.3 Å². The minimum absolute atomic E-state index is 0.650. The van der Waals surface area contributed by atoms with E-state index in [4.69, 9.17) is 0 Å². The Labute approximate surface area is 103 Å². The summed E-state index contributed by atoms with van der Waals surface area (Å²) in [6.45, 7) is 6.95. The van der Waals surface area contributed by atoms with Crippen molar-refractivity contribution in [2.75, 3.05) is 13.1 Å². The first-order valence-corrected chi connectivity index (χ1v) is 7.36. The summed E-state index contributed by atoms with van der Waals surface area (Å²) < 4.78 is 0. The smallest absolute Gasteiger partial charge is 0.000804 e. The maximum Gasteiger partial charge on any atom is 0.000804 e. The fraction of sp³-hybridized carbons (Fsp3) is 0.714. The first-order chi connectivity index (χ1) is 7.70. The standard InChI is InChI=1S/C14H23NS/c1-12(2)9-15-11-14(6-7-14)5-3-13-4-8-16-10-13/h4,8,10,12,15H,3,5-7,9,11H2,1-2H3. The van der Waals surface area contributed by atoms with Crippen LogP contribution in [0.2, 0.25) is 0 Å². The van der Waals surface area contributed by atoms with Gasteiger partial charge in [0.05, 0.1) is 0 Å². The van der Waals surface area contributed by atoms with Gasteiger partial charge in [0.25, 0.3) is 0 Å². The molecule has 1 aliphatic carbocycles. The van der Waals surface area contributed by atoms with Crippen LogP contribution in [-0.4, -0.2) is 13.1 Å². The molecule has 1 heterocycles. The Bertz CT molecular complexity index is 299. The van der Waals surface area contributed by atoms with Gasteiger partial charge in [-0.3, -0.25) is 0 Å². The van der Waals surface area contributed by atoms with Crippen LogP contribution >= 0.6 is 11.3 Å². The molecular weight excluding hydrogens is 214 g/mol. The van der Waals surface area contributed by atoms with Gasteiger partial charge in [0, 0.05) is 6.54 Å². The monoisotopic (exact) mass is 237 g/mol. The molecule has 0 bridgehead atoms. The molecule has 2 rings (SSSR count). The number of aryl methyl sites for hydroxylation is 1. The predicted octanol–water partition coefficient (Wildman–Crippen LogP) is 3.71. The Hall–Kier alpha value is -0.340. The lowest BCUT2D eigenvalue weighted by atomic mass is 9.97. The van der Waals surface area contributed by atoms with Gasteiger partial charge in [-0.15, -0.1) is 0 Å². The molecule has 0 saturated heterocycles. The average Bonchev–Trinajstić information content (AvgIpc) is 2.81. The number of nitrogens with one attached hydrogen (secondary N) is 1. The molecule has 0 aromatic carbocycles. The molecule has 1 aromatic rings. The Morgan fingerprint density at radius 3 is 2.81 bits per heavy atom. The van der Waals surface area contributed by atoms with Crippen molar-refractivity contribution >= 4 is 11.3 Å². The van der Waals surface area contributed by atoms with Crippen LogP contribution in [0.3, 0.4) is 0 Å². The topological polar surface area (TPSA) is 12.0 Å². The molecule has 1 N–H and O–H groups in total. The van der Waals surface area contributed by atoms with Gasteiger partial charge < -0.3 is 5.32 Å². The van der Waals surface area contributed by atoms with E-state index in [9.17, 15) is 0 Å². The van der Waals surface area contributed by atoms with Crippen LogP contribution < -0.4 is 5.32 Å². The zero-order valence-electron chi connectivity index (χ0n) is 10.5. The summed E-state index contributed by atoms with van der Waals surface area (Å²) >= 11 is 1.82. The zero-order chi connectivity index (χ0) is 11.4. The van der Waals surface area contributed by atoms with Gasteiger partial charge in [-0.05, 0) is 66.0 Å². The maximum atomic E-state index is 3.62. The van der Waals surface area contributed by atoms with Crippen LogP contribution in [0.5, 0.6) is 0 Å². The molecule has 0 radical (unpaired) electrons. The summed E-state index contributed by atoms with van der Waals surface area (Å²) in [5.41, 5.74) is 2.18. The number of hydrogen-bond donors (Lipinski definition) is 1. The summed E-state index contributed by atoms with van der Waals surface area (Å²) in [5, 5.41) is 8.10. The van der Waals surface area contributed by atoms with Gasteiger partial charge in [-0.2, -0.15) is 11.3 Å². The van der Waals surface area contributed by atoms with Crippen molar-refractivity contribution in [3.63, 3.8) is 0 Å². The summed E-state index contributed by atoms with van der Waals surface area (Å²) in [6, 6.07) is 2.27. The molecule has 90 valence electrons. The third-order valence-electron chi connectivity index (χ3n) is 3.53. The van der Waals surface area contributed by atoms with Gasteiger partial charge in [0.2, 0.25) is 0 Å². The van der Waals surface area contributed by atoms with Crippen molar-refractivity contribution in [2.24, 2.45) is 11.3 Å². The molecule has 1 fully saturated rings. The fourth-order valence-corrected chi connectivity index (χ4v) is 2.87. The lowest BCUT2D eigenvalue weighted by Crippen LogP contribution is -2.27. The summed E-state index contributed by atoms with van der Waals surface area (Å²) in [4.78, 5) is 0. The van der Waals surface area contributed by atoms with Gasteiger partial charge in [0.15, 0.2) is 0 Å². The number of rotatable bonds is 7. The van der Waals surface area contributed by atoms with Crippen LogP contribution in [-0.2, 0) is 6.42 Å². The van der Waals surface area contributed by atoms with E-state index in [-0.39, 0.29) is 0 Å². The van der Waals surface area contributed by atoms with Crippen molar-refractivity contribution in [1.82, 2.24) is 5.32 Å². The van der Waals surface area contributed by atoms with E-state index < -0.39 is 0 Å². The maximum absolute atomic E-state index is 3.62. The molecule has 0 amide bonds. The average molecular weight is 237 g/mol. The third kappa shape index (κ3) is 3.60. The quantitative estimate of drug-likeness (QED) is 0.762. The van der Waals surface area contributed by atoms with E-state index >= 15 is 0 Å². The van der Waals surface area contributed by atoms with E-state index in [0.717, 1.165) is 5.92 Å². The highest BCUT2D eigenvalue weighted by molar-refractivity contribution is 7.07. The lowest BCUT2D eigenvalue weighted by Gasteiger charge is -2.16. The first-order valence-electron chi connectivity index (χ1n) is 6.42. The zero-order valence-corrected chi connectivity index (χ0v) is 11.3. The predicted molar refractivity (Wildman–Crippen MR) is 72.0 cm³/mol. The highest BCUT2D eigenvalue weighted by Crippen LogP contribution is 2.48. The molecule has 1 aromatic heterocycles. The fourth-order valence-electron chi connectivity index (χ4n) is 2.16. The third-order valence-corrected chi connectivity index (χ3v) is 4.27. The van der Waals surface area contributed by atoms with Crippen molar-refractivity contribution in [3.8, 4) is 0 Å². The molecule has 1 aliphatic rings. The molecule has 1 saturated carbocycles. The Morgan fingerprint density at radius 1 is 1.44 bits per heavy atom. The SMILES string of the molecule is CC(C)CNCC1(CCc2ccsc2)CC1. The Kier molecular flexibility index (Phi) is 4.04. The van der Waals surface area contributed by atoms with Crippen molar-refractivity contribution in [2.45, 2.75) is 39.5 Å². The van der Waals surface area contributed by atoms with E-state index in [1.165, 1.54) is 44.3 Å². The van der Waals surface area contributed by atoms with Crippen molar-refractivity contribution < 1.29 is 0 Å². The minimum atomic E-state index is 0.650. The van der Waals surface area contributed by atoms with Crippen LogP contribution in [0.15, 0.2) is 16.8 Å². The summed E-state index contributed by atoms with van der Waals surface area (Å²) in [5.74, 6) is 0.771. The summed E-state index contributed by atoms with van der Waals surface area (Å²) in [7, 11) is 0. The largest absolute Gasteiger partial charge is 0.316 e. The highest BCUT2D eigenvalue weighted by Gasteiger charge is 2.41. The molecule has 16 heavy (non-hydrogen) atoms. The molecule has 2 heteroatoms. The Morgan fingerprint density at radius 2 is 2.25 bits per heavy atom. The second-order valence-electron chi connectivity index (χ2n) is 5.66. The highest BCUT2D eigenvalue weighted by atomic mass is 32.1. The van der Waals surface area contributed by atoms with Gasteiger partial charge in [0.1, 0.15) is 0 Å². The molecular formula is C14H23NS. The molecule has 0 spiro atoms. The molecule has 0 atom stereocenters. The normalized spacial score (nSPS) is 17.9. The van der Waals surface area contributed by atoms with Crippen LogP contribution in [0.25, 0.3) is 0 Å². The van der Waals surface area contributed by atoms with E-state index in [1.54, 1.807) is 0 Å². The van der Waals surface area contributed by atoms with E-state index in [0.29, 0.717) is 5.41 Å². The molecule has 0 unspecified atom stereocenters. The van der Waals surface area contributed by atoms with Crippen molar-refractivity contribution in [1.29, 1.82) is 0 Å². The van der Waals surface area contributed by atoms with Crippen LogP contribution in [0, 0.1) is 11.3 Å². The van der Waals surface area contributed by atoms with Crippen LogP contribution in [0.1, 0.15) is 38.7 Å². The van der Waals surface area contributed by atoms with Crippen molar-refractivity contribution in [3.05, 3.63) is 22.4 Å². The molecule has 1 nitrogen and oxygen atoms in total.